The molecule has 17 heavy (non-hydrogen) atoms. The van der Waals surface area contributed by atoms with Crippen LogP contribution in [0.2, 0.25) is 10.0 Å². The Kier molecular flexibility index (Phi) is 3.72. The lowest BCUT2D eigenvalue weighted by Crippen LogP contribution is -2.24. The van der Waals surface area contributed by atoms with Gasteiger partial charge in [0, 0.05) is 11.1 Å². The zero-order valence-electron chi connectivity index (χ0n) is 8.99. The van der Waals surface area contributed by atoms with E-state index in [0.29, 0.717) is 22.2 Å². The van der Waals surface area contributed by atoms with Crippen LogP contribution in [-0.4, -0.2) is 11.9 Å². The van der Waals surface area contributed by atoms with Gasteiger partial charge in [-0.25, -0.2) is 0 Å². The average Bonchev–Trinajstić information content (AvgIpc) is 2.70. The maximum Gasteiger partial charge on any atom is 0.231 e. The number of rotatable bonds is 2. The molecule has 2 unspecified atom stereocenters. The van der Waals surface area contributed by atoms with E-state index in [1.165, 1.54) is 0 Å². The highest BCUT2D eigenvalue weighted by molar-refractivity contribution is 6.35. The molecular formula is C12H12Cl2N2O. The van der Waals surface area contributed by atoms with E-state index in [1.807, 2.05) is 12.2 Å². The van der Waals surface area contributed by atoms with Crippen molar-refractivity contribution in [2.45, 2.75) is 12.5 Å². The number of hydrogen-bond acceptors (Lipinski definition) is 2. The first-order valence-electron chi connectivity index (χ1n) is 5.26. The van der Waals surface area contributed by atoms with Crippen LogP contribution < -0.4 is 11.1 Å². The van der Waals surface area contributed by atoms with Crippen molar-refractivity contribution in [3.05, 3.63) is 40.4 Å². The van der Waals surface area contributed by atoms with Crippen LogP contribution in [0, 0.1) is 5.92 Å². The number of anilines is 1. The van der Waals surface area contributed by atoms with Gasteiger partial charge in [-0.2, -0.15) is 0 Å². The lowest BCUT2D eigenvalue weighted by Gasteiger charge is -2.11. The van der Waals surface area contributed by atoms with Crippen LogP contribution in [0.4, 0.5) is 5.69 Å². The molecule has 5 heteroatoms. The summed E-state index contributed by atoms with van der Waals surface area (Å²) in [6.07, 6.45) is 4.28. The molecule has 0 radical (unpaired) electrons. The lowest BCUT2D eigenvalue weighted by atomic mass is 10.1. The molecule has 90 valence electrons. The van der Waals surface area contributed by atoms with Crippen LogP contribution >= 0.6 is 23.2 Å². The molecule has 1 amide bonds. The minimum absolute atomic E-state index is 0.0411. The number of hydrogen-bond donors (Lipinski definition) is 2. The minimum atomic E-state index is -0.194. The molecule has 2 atom stereocenters. The molecule has 0 saturated heterocycles. The fourth-order valence-corrected chi connectivity index (χ4v) is 2.08. The molecule has 1 aromatic carbocycles. The number of halogens is 2. The molecule has 1 aliphatic carbocycles. The number of carbonyl (C=O) groups excluding carboxylic acids is 1. The number of carbonyl (C=O) groups is 1. The monoisotopic (exact) mass is 270 g/mol. The third-order valence-electron chi connectivity index (χ3n) is 2.64. The van der Waals surface area contributed by atoms with Gasteiger partial charge in [0.2, 0.25) is 5.91 Å². The Morgan fingerprint density at radius 2 is 2.12 bits per heavy atom. The summed E-state index contributed by atoms with van der Waals surface area (Å²) in [5.74, 6) is -0.307. The Morgan fingerprint density at radius 1 is 1.35 bits per heavy atom. The molecule has 0 aliphatic heterocycles. The highest BCUT2D eigenvalue weighted by Crippen LogP contribution is 2.27. The van der Waals surface area contributed by atoms with E-state index in [2.05, 4.69) is 5.32 Å². The van der Waals surface area contributed by atoms with Crippen molar-refractivity contribution in [1.82, 2.24) is 0 Å². The van der Waals surface area contributed by atoms with Gasteiger partial charge in [-0.3, -0.25) is 4.79 Å². The second-order valence-electron chi connectivity index (χ2n) is 4.00. The first-order chi connectivity index (χ1) is 8.06. The Bertz CT molecular complexity index is 474. The predicted molar refractivity (Wildman–Crippen MR) is 70.3 cm³/mol. The Morgan fingerprint density at radius 3 is 2.76 bits per heavy atom. The summed E-state index contributed by atoms with van der Waals surface area (Å²) >= 11 is 11.8. The molecule has 0 spiro atoms. The van der Waals surface area contributed by atoms with Crippen molar-refractivity contribution in [3.63, 3.8) is 0 Å². The van der Waals surface area contributed by atoms with Gasteiger partial charge in [-0.05, 0) is 24.6 Å². The van der Waals surface area contributed by atoms with E-state index in [9.17, 15) is 4.79 Å². The summed E-state index contributed by atoms with van der Waals surface area (Å²) in [6, 6.07) is 4.90. The molecule has 3 nitrogen and oxygen atoms in total. The summed E-state index contributed by atoms with van der Waals surface area (Å²) in [5.41, 5.74) is 6.22. The van der Waals surface area contributed by atoms with Crippen LogP contribution in [0.3, 0.4) is 0 Å². The maximum absolute atomic E-state index is 11.9. The van der Waals surface area contributed by atoms with Crippen LogP contribution in [0.5, 0.6) is 0 Å². The fourth-order valence-electron chi connectivity index (χ4n) is 1.74. The Hall–Kier alpha value is -1.03. The molecule has 0 fully saturated rings. The third kappa shape index (κ3) is 3.00. The topological polar surface area (TPSA) is 55.1 Å². The largest absolute Gasteiger partial charge is 0.324 e. The van der Waals surface area contributed by atoms with E-state index < -0.39 is 0 Å². The van der Waals surface area contributed by atoms with Crippen LogP contribution in [0.25, 0.3) is 0 Å². The zero-order valence-corrected chi connectivity index (χ0v) is 10.5. The fraction of sp³-hybridized carbons (Fsp3) is 0.250. The van der Waals surface area contributed by atoms with Gasteiger partial charge in [0.25, 0.3) is 0 Å². The molecule has 0 aromatic heterocycles. The maximum atomic E-state index is 11.9. The number of benzene rings is 1. The molecule has 1 aliphatic rings. The van der Waals surface area contributed by atoms with Crippen molar-refractivity contribution in [1.29, 1.82) is 0 Å². The van der Waals surface area contributed by atoms with Gasteiger partial charge in [-0.1, -0.05) is 35.4 Å². The Labute approximate surface area is 110 Å². The summed E-state index contributed by atoms with van der Waals surface area (Å²) in [6.45, 7) is 0. The van der Waals surface area contributed by atoms with E-state index in [4.69, 9.17) is 28.9 Å². The van der Waals surface area contributed by atoms with E-state index in [0.717, 1.165) is 0 Å². The Balaban J connectivity index is 2.08. The van der Waals surface area contributed by atoms with Crippen molar-refractivity contribution < 1.29 is 4.79 Å². The molecule has 1 aromatic rings. The predicted octanol–water partition coefficient (Wildman–Crippen LogP) is 2.84. The van der Waals surface area contributed by atoms with E-state index >= 15 is 0 Å². The highest BCUT2D eigenvalue weighted by Gasteiger charge is 2.23. The minimum Gasteiger partial charge on any atom is -0.324 e. The second kappa shape index (κ2) is 5.08. The van der Waals surface area contributed by atoms with Crippen molar-refractivity contribution in [3.8, 4) is 0 Å². The van der Waals surface area contributed by atoms with Crippen molar-refractivity contribution in [2.75, 3.05) is 5.32 Å². The molecule has 0 bridgehead atoms. The molecule has 0 heterocycles. The van der Waals surface area contributed by atoms with Gasteiger partial charge in [0.05, 0.1) is 16.6 Å². The molecule has 3 N–H and O–H groups in total. The molecule has 0 saturated carbocycles. The smallest absolute Gasteiger partial charge is 0.231 e. The SMILES string of the molecule is NC1C=CC(C(=O)Nc2cc(Cl)ccc2Cl)C1. The van der Waals surface area contributed by atoms with Crippen LogP contribution in [0.15, 0.2) is 30.4 Å². The normalized spacial score (nSPS) is 22.8. The van der Waals surface area contributed by atoms with Gasteiger partial charge in [0.15, 0.2) is 0 Å². The van der Waals surface area contributed by atoms with Crippen molar-refractivity contribution >= 4 is 34.8 Å². The number of nitrogens with two attached hydrogens (primary N) is 1. The first kappa shape index (κ1) is 12.4. The lowest BCUT2D eigenvalue weighted by molar-refractivity contribution is -0.118. The zero-order chi connectivity index (χ0) is 12.4. The highest BCUT2D eigenvalue weighted by atomic mass is 35.5. The van der Waals surface area contributed by atoms with E-state index in [1.54, 1.807) is 18.2 Å². The van der Waals surface area contributed by atoms with Gasteiger partial charge < -0.3 is 11.1 Å². The average molecular weight is 271 g/mol. The van der Waals surface area contributed by atoms with Gasteiger partial charge in [0.1, 0.15) is 0 Å². The quantitative estimate of drug-likeness (QED) is 0.812. The first-order valence-corrected chi connectivity index (χ1v) is 6.01. The van der Waals surface area contributed by atoms with Crippen LogP contribution in [0.1, 0.15) is 6.42 Å². The summed E-state index contributed by atoms with van der Waals surface area (Å²) in [7, 11) is 0. The number of amides is 1. The van der Waals surface area contributed by atoms with Crippen molar-refractivity contribution in [2.24, 2.45) is 11.7 Å². The second-order valence-corrected chi connectivity index (χ2v) is 4.85. The van der Waals surface area contributed by atoms with Crippen LogP contribution in [-0.2, 0) is 4.79 Å². The molecule has 2 rings (SSSR count). The van der Waals surface area contributed by atoms with E-state index in [-0.39, 0.29) is 17.9 Å². The van der Waals surface area contributed by atoms with Gasteiger partial charge >= 0.3 is 0 Å². The summed E-state index contributed by atoms with van der Waals surface area (Å²) in [4.78, 5) is 11.9. The summed E-state index contributed by atoms with van der Waals surface area (Å²) < 4.78 is 0. The number of nitrogens with one attached hydrogen (secondary N) is 1. The summed E-state index contributed by atoms with van der Waals surface area (Å²) in [5, 5.41) is 3.75. The third-order valence-corrected chi connectivity index (χ3v) is 3.20. The standard InChI is InChI=1S/C12H12Cl2N2O/c13-8-2-4-10(14)11(6-8)16-12(17)7-1-3-9(15)5-7/h1-4,6-7,9H,5,15H2,(H,16,17). The molecular weight excluding hydrogens is 259 g/mol. The van der Waals surface area contributed by atoms with Gasteiger partial charge in [-0.15, -0.1) is 0 Å².